The molecule has 0 aliphatic carbocycles. The predicted molar refractivity (Wildman–Crippen MR) is 62.3 cm³/mol. The first-order valence-electron chi connectivity index (χ1n) is 5.69. The second-order valence-electron chi connectivity index (χ2n) is 3.76. The molecule has 3 nitrogen and oxygen atoms in total. The maximum Gasteiger partial charge on any atom is 0.308 e. The number of para-hydroxylation sites is 1. The number of esters is 1. The van der Waals surface area contributed by atoms with E-state index < -0.39 is 5.82 Å². The van der Waals surface area contributed by atoms with Crippen molar-refractivity contribution in [1.29, 1.82) is 0 Å². The van der Waals surface area contributed by atoms with Crippen LogP contribution in [-0.4, -0.2) is 19.2 Å². The van der Waals surface area contributed by atoms with Crippen LogP contribution < -0.4 is 4.74 Å². The van der Waals surface area contributed by atoms with Crippen molar-refractivity contribution < 1.29 is 18.7 Å². The number of carbonyl (C=O) groups excluding carboxylic acids is 1. The minimum absolute atomic E-state index is 0.108. The SMILES string of the molecule is CCC(C)C(=O)OCCOc1ccccc1F. The molecule has 0 heterocycles. The molecule has 0 radical (unpaired) electrons. The van der Waals surface area contributed by atoms with Gasteiger partial charge in [-0.3, -0.25) is 4.79 Å². The van der Waals surface area contributed by atoms with Crippen LogP contribution in [-0.2, 0) is 9.53 Å². The van der Waals surface area contributed by atoms with Gasteiger partial charge in [0.25, 0.3) is 0 Å². The predicted octanol–water partition coefficient (Wildman–Crippen LogP) is 2.79. The lowest BCUT2D eigenvalue weighted by Gasteiger charge is -2.10. The van der Waals surface area contributed by atoms with Crippen molar-refractivity contribution >= 4 is 5.97 Å². The fraction of sp³-hybridized carbons (Fsp3) is 0.462. The molecule has 0 spiro atoms. The third-order valence-electron chi connectivity index (χ3n) is 2.44. The number of hydrogen-bond acceptors (Lipinski definition) is 3. The smallest absolute Gasteiger partial charge is 0.308 e. The Labute approximate surface area is 101 Å². The molecule has 0 aliphatic heterocycles. The van der Waals surface area contributed by atoms with Crippen LogP contribution in [0.3, 0.4) is 0 Å². The highest BCUT2D eigenvalue weighted by atomic mass is 19.1. The molecule has 17 heavy (non-hydrogen) atoms. The fourth-order valence-electron chi connectivity index (χ4n) is 1.16. The maximum absolute atomic E-state index is 13.1. The molecule has 1 rings (SSSR count). The van der Waals surface area contributed by atoms with E-state index >= 15 is 0 Å². The van der Waals surface area contributed by atoms with Crippen LogP contribution >= 0.6 is 0 Å². The largest absolute Gasteiger partial charge is 0.487 e. The third-order valence-corrected chi connectivity index (χ3v) is 2.44. The zero-order valence-electron chi connectivity index (χ0n) is 10.1. The van der Waals surface area contributed by atoms with E-state index in [4.69, 9.17) is 9.47 Å². The van der Waals surface area contributed by atoms with E-state index in [-0.39, 0.29) is 30.9 Å². The molecule has 1 atom stereocenters. The average Bonchev–Trinajstić information content (AvgIpc) is 2.35. The highest BCUT2D eigenvalue weighted by molar-refractivity contribution is 5.71. The van der Waals surface area contributed by atoms with E-state index in [1.165, 1.54) is 12.1 Å². The van der Waals surface area contributed by atoms with Gasteiger partial charge in [0.15, 0.2) is 11.6 Å². The summed E-state index contributed by atoms with van der Waals surface area (Å²) in [5, 5.41) is 0. The van der Waals surface area contributed by atoms with Gasteiger partial charge in [-0.1, -0.05) is 26.0 Å². The second-order valence-corrected chi connectivity index (χ2v) is 3.76. The lowest BCUT2D eigenvalue weighted by molar-refractivity contribution is -0.148. The molecular weight excluding hydrogens is 223 g/mol. The first-order chi connectivity index (χ1) is 8.15. The van der Waals surface area contributed by atoms with Crippen molar-refractivity contribution in [2.24, 2.45) is 5.92 Å². The summed E-state index contributed by atoms with van der Waals surface area (Å²) in [7, 11) is 0. The summed E-state index contributed by atoms with van der Waals surface area (Å²) in [6, 6.07) is 6.13. The number of halogens is 1. The summed E-state index contributed by atoms with van der Waals surface area (Å²) in [5.41, 5.74) is 0. The van der Waals surface area contributed by atoms with Gasteiger partial charge in [-0.05, 0) is 18.6 Å². The van der Waals surface area contributed by atoms with Gasteiger partial charge in [0, 0.05) is 0 Å². The fourth-order valence-corrected chi connectivity index (χ4v) is 1.16. The van der Waals surface area contributed by atoms with Gasteiger partial charge in [0.2, 0.25) is 0 Å². The molecule has 0 fully saturated rings. The van der Waals surface area contributed by atoms with Crippen LogP contribution in [0.4, 0.5) is 4.39 Å². The van der Waals surface area contributed by atoms with E-state index in [0.717, 1.165) is 6.42 Å². The van der Waals surface area contributed by atoms with Crippen LogP contribution in [0.5, 0.6) is 5.75 Å². The first-order valence-corrected chi connectivity index (χ1v) is 5.69. The highest BCUT2D eigenvalue weighted by Crippen LogP contribution is 2.15. The van der Waals surface area contributed by atoms with Crippen molar-refractivity contribution in [1.82, 2.24) is 0 Å². The second kappa shape index (κ2) is 6.89. The van der Waals surface area contributed by atoms with Crippen LogP contribution in [0, 0.1) is 11.7 Å². The number of rotatable bonds is 6. The summed E-state index contributed by atoms with van der Waals surface area (Å²) in [6.07, 6.45) is 0.743. The van der Waals surface area contributed by atoms with Gasteiger partial charge in [-0.25, -0.2) is 4.39 Å². The summed E-state index contributed by atoms with van der Waals surface area (Å²) in [6.45, 7) is 4.02. The molecule has 0 saturated carbocycles. The van der Waals surface area contributed by atoms with Crippen molar-refractivity contribution in [3.05, 3.63) is 30.1 Å². The molecule has 0 bridgehead atoms. The lowest BCUT2D eigenvalue weighted by atomic mass is 10.1. The summed E-state index contributed by atoms with van der Waals surface area (Å²) >= 11 is 0. The molecule has 0 N–H and O–H groups in total. The van der Waals surface area contributed by atoms with Gasteiger partial charge in [0.1, 0.15) is 13.2 Å². The van der Waals surface area contributed by atoms with Gasteiger partial charge < -0.3 is 9.47 Å². The lowest BCUT2D eigenvalue weighted by Crippen LogP contribution is -2.17. The molecule has 0 aromatic heterocycles. The highest BCUT2D eigenvalue weighted by Gasteiger charge is 2.11. The standard InChI is InChI=1S/C13H17FO3/c1-3-10(2)13(15)17-9-8-16-12-7-5-4-6-11(12)14/h4-7,10H,3,8-9H2,1-2H3. The van der Waals surface area contributed by atoms with Crippen molar-refractivity contribution in [3.8, 4) is 5.75 Å². The molecular formula is C13H17FO3. The summed E-state index contributed by atoms with van der Waals surface area (Å²) in [5.74, 6) is -0.596. The third kappa shape index (κ3) is 4.43. The average molecular weight is 240 g/mol. The van der Waals surface area contributed by atoms with Gasteiger partial charge >= 0.3 is 5.97 Å². The topological polar surface area (TPSA) is 35.5 Å². The molecule has 0 amide bonds. The Morgan fingerprint density at radius 2 is 2.06 bits per heavy atom. The summed E-state index contributed by atoms with van der Waals surface area (Å²) in [4.78, 5) is 11.3. The van der Waals surface area contributed by atoms with Gasteiger partial charge in [0.05, 0.1) is 5.92 Å². The zero-order chi connectivity index (χ0) is 12.7. The Morgan fingerprint density at radius 1 is 1.35 bits per heavy atom. The van der Waals surface area contributed by atoms with E-state index in [2.05, 4.69) is 0 Å². The minimum atomic E-state index is -0.416. The van der Waals surface area contributed by atoms with E-state index in [1.807, 2.05) is 6.92 Å². The van der Waals surface area contributed by atoms with E-state index in [0.29, 0.717) is 0 Å². The Bertz CT molecular complexity index is 365. The van der Waals surface area contributed by atoms with Crippen molar-refractivity contribution in [2.45, 2.75) is 20.3 Å². The maximum atomic E-state index is 13.1. The quantitative estimate of drug-likeness (QED) is 0.566. The van der Waals surface area contributed by atoms with E-state index in [1.54, 1.807) is 19.1 Å². The number of benzene rings is 1. The Kier molecular flexibility index (Phi) is 5.46. The van der Waals surface area contributed by atoms with Gasteiger partial charge in [-0.15, -0.1) is 0 Å². The first kappa shape index (κ1) is 13.5. The van der Waals surface area contributed by atoms with Crippen LogP contribution in [0.2, 0.25) is 0 Å². The molecule has 0 aliphatic rings. The summed E-state index contributed by atoms with van der Waals surface area (Å²) < 4.78 is 23.2. The molecule has 1 unspecified atom stereocenters. The minimum Gasteiger partial charge on any atom is -0.487 e. The van der Waals surface area contributed by atoms with Crippen LogP contribution in [0.15, 0.2) is 24.3 Å². The normalized spacial score (nSPS) is 11.9. The number of ether oxygens (including phenoxy) is 2. The van der Waals surface area contributed by atoms with Crippen LogP contribution in [0.25, 0.3) is 0 Å². The van der Waals surface area contributed by atoms with Crippen molar-refractivity contribution in [3.63, 3.8) is 0 Å². The monoisotopic (exact) mass is 240 g/mol. The van der Waals surface area contributed by atoms with Crippen molar-refractivity contribution in [2.75, 3.05) is 13.2 Å². The number of carbonyl (C=O) groups is 1. The Morgan fingerprint density at radius 3 is 2.71 bits per heavy atom. The molecule has 1 aromatic rings. The zero-order valence-corrected chi connectivity index (χ0v) is 10.1. The molecule has 0 saturated heterocycles. The van der Waals surface area contributed by atoms with Gasteiger partial charge in [-0.2, -0.15) is 0 Å². The molecule has 1 aromatic carbocycles. The Hall–Kier alpha value is -1.58. The Balaban J connectivity index is 2.25. The van der Waals surface area contributed by atoms with E-state index in [9.17, 15) is 9.18 Å². The molecule has 94 valence electrons. The molecule has 4 heteroatoms. The van der Waals surface area contributed by atoms with Crippen LogP contribution in [0.1, 0.15) is 20.3 Å². The number of hydrogen-bond donors (Lipinski definition) is 0.